The molecule has 0 bridgehead atoms. The van der Waals surface area contributed by atoms with E-state index >= 15 is 0 Å². The van der Waals surface area contributed by atoms with Crippen LogP contribution < -0.4 is 5.56 Å². The first-order chi connectivity index (χ1) is 9.31. The highest BCUT2D eigenvalue weighted by atomic mass is 35.5. The van der Waals surface area contributed by atoms with Crippen LogP contribution in [0.2, 0.25) is 0 Å². The van der Waals surface area contributed by atoms with Gasteiger partial charge in [0, 0.05) is 12.4 Å². The van der Waals surface area contributed by atoms with Gasteiger partial charge in [0.25, 0.3) is 5.56 Å². The number of nitrogens with zero attached hydrogens (tertiary/aromatic N) is 2. The number of halogens is 1. The molecule has 0 spiro atoms. The van der Waals surface area contributed by atoms with Gasteiger partial charge in [0.05, 0.1) is 17.2 Å². The van der Waals surface area contributed by atoms with Crippen molar-refractivity contribution in [2.24, 2.45) is 0 Å². The standard InChI is InChI=1S/C14H11ClN2O2/c15-7-8-17-13(12-6-3-9-19-12)16-11-5-2-1-4-10(11)14(17)18/h1-6,9H,7-8H2. The zero-order valence-electron chi connectivity index (χ0n) is 10.0. The summed E-state index contributed by atoms with van der Waals surface area (Å²) < 4.78 is 6.89. The molecule has 1 aromatic carbocycles. The molecular weight excluding hydrogens is 264 g/mol. The Morgan fingerprint density at radius 3 is 2.79 bits per heavy atom. The fraction of sp³-hybridized carbons (Fsp3) is 0.143. The number of hydrogen-bond acceptors (Lipinski definition) is 3. The first kappa shape index (κ1) is 12.0. The molecule has 0 unspecified atom stereocenters. The quantitative estimate of drug-likeness (QED) is 0.690. The van der Waals surface area contributed by atoms with Gasteiger partial charge in [-0.2, -0.15) is 0 Å². The Bertz CT molecular complexity index is 763. The zero-order chi connectivity index (χ0) is 13.2. The van der Waals surface area contributed by atoms with Crippen LogP contribution in [0, 0.1) is 0 Å². The summed E-state index contributed by atoms with van der Waals surface area (Å²) in [5, 5.41) is 0.586. The number of aromatic nitrogens is 2. The van der Waals surface area contributed by atoms with Crippen molar-refractivity contribution in [1.82, 2.24) is 9.55 Å². The molecule has 2 heterocycles. The van der Waals surface area contributed by atoms with E-state index in [1.54, 1.807) is 29.0 Å². The Hall–Kier alpha value is -2.07. The van der Waals surface area contributed by atoms with Crippen molar-refractivity contribution < 1.29 is 4.42 Å². The van der Waals surface area contributed by atoms with E-state index in [1.807, 2.05) is 18.2 Å². The van der Waals surface area contributed by atoms with Crippen molar-refractivity contribution in [3.05, 3.63) is 53.0 Å². The number of alkyl halides is 1. The lowest BCUT2D eigenvalue weighted by Crippen LogP contribution is -2.24. The highest BCUT2D eigenvalue weighted by molar-refractivity contribution is 6.17. The van der Waals surface area contributed by atoms with E-state index in [-0.39, 0.29) is 5.56 Å². The summed E-state index contributed by atoms with van der Waals surface area (Å²) in [6, 6.07) is 10.8. The lowest BCUT2D eigenvalue weighted by molar-refractivity contribution is 0.567. The van der Waals surface area contributed by atoms with Crippen molar-refractivity contribution in [2.75, 3.05) is 5.88 Å². The van der Waals surface area contributed by atoms with Crippen LogP contribution in [-0.2, 0) is 6.54 Å². The smallest absolute Gasteiger partial charge is 0.261 e. The Morgan fingerprint density at radius 1 is 1.21 bits per heavy atom. The fourth-order valence-corrected chi connectivity index (χ4v) is 2.22. The average Bonchev–Trinajstić information content (AvgIpc) is 2.96. The molecule has 5 heteroatoms. The topological polar surface area (TPSA) is 48.0 Å². The van der Waals surface area contributed by atoms with E-state index in [9.17, 15) is 4.79 Å². The summed E-state index contributed by atoms with van der Waals surface area (Å²) >= 11 is 5.77. The molecule has 0 saturated carbocycles. The molecule has 4 nitrogen and oxygen atoms in total. The molecule has 2 aromatic heterocycles. The minimum atomic E-state index is -0.0994. The molecule has 0 radical (unpaired) electrons. The molecular formula is C14H11ClN2O2. The van der Waals surface area contributed by atoms with Crippen LogP contribution in [0.3, 0.4) is 0 Å². The van der Waals surface area contributed by atoms with Gasteiger partial charge in [-0.25, -0.2) is 4.98 Å². The van der Waals surface area contributed by atoms with Gasteiger partial charge in [-0.1, -0.05) is 12.1 Å². The SMILES string of the molecule is O=c1c2ccccc2nc(-c2ccco2)n1CCCl. The summed E-state index contributed by atoms with van der Waals surface area (Å²) in [4.78, 5) is 17.0. The Morgan fingerprint density at radius 2 is 2.05 bits per heavy atom. The van der Waals surface area contributed by atoms with Gasteiger partial charge < -0.3 is 4.42 Å². The van der Waals surface area contributed by atoms with Crippen LogP contribution in [0.5, 0.6) is 0 Å². The molecule has 0 atom stereocenters. The monoisotopic (exact) mass is 274 g/mol. The minimum absolute atomic E-state index is 0.0994. The van der Waals surface area contributed by atoms with E-state index in [1.165, 1.54) is 0 Å². The minimum Gasteiger partial charge on any atom is -0.461 e. The molecule has 96 valence electrons. The largest absolute Gasteiger partial charge is 0.461 e. The van der Waals surface area contributed by atoms with Gasteiger partial charge in [-0.15, -0.1) is 11.6 Å². The Labute approximate surface area is 114 Å². The number of rotatable bonds is 3. The van der Waals surface area contributed by atoms with Crippen molar-refractivity contribution in [3.63, 3.8) is 0 Å². The summed E-state index contributed by atoms with van der Waals surface area (Å²) in [6.45, 7) is 0.397. The van der Waals surface area contributed by atoms with Crippen LogP contribution >= 0.6 is 11.6 Å². The highest BCUT2D eigenvalue weighted by Gasteiger charge is 2.13. The number of fused-ring (bicyclic) bond motifs is 1. The number of hydrogen-bond donors (Lipinski definition) is 0. The van der Waals surface area contributed by atoms with E-state index in [0.717, 1.165) is 0 Å². The molecule has 19 heavy (non-hydrogen) atoms. The van der Waals surface area contributed by atoms with E-state index in [0.29, 0.717) is 34.9 Å². The van der Waals surface area contributed by atoms with Crippen molar-refractivity contribution in [2.45, 2.75) is 6.54 Å². The molecule has 0 aliphatic heterocycles. The van der Waals surface area contributed by atoms with E-state index in [2.05, 4.69) is 4.98 Å². The molecule has 0 fully saturated rings. The highest BCUT2D eigenvalue weighted by Crippen LogP contribution is 2.19. The normalized spacial score (nSPS) is 11.0. The van der Waals surface area contributed by atoms with Gasteiger partial charge in [0.2, 0.25) is 0 Å². The predicted molar refractivity (Wildman–Crippen MR) is 74.4 cm³/mol. The van der Waals surface area contributed by atoms with Gasteiger partial charge >= 0.3 is 0 Å². The number of furan rings is 1. The summed E-state index contributed by atoms with van der Waals surface area (Å²) in [5.74, 6) is 1.41. The number of para-hydroxylation sites is 1. The molecule has 3 aromatic rings. The zero-order valence-corrected chi connectivity index (χ0v) is 10.8. The third-order valence-corrected chi connectivity index (χ3v) is 3.08. The fourth-order valence-electron chi connectivity index (χ4n) is 2.05. The van der Waals surface area contributed by atoms with Crippen LogP contribution in [-0.4, -0.2) is 15.4 Å². The summed E-state index contributed by atoms with van der Waals surface area (Å²) in [6.07, 6.45) is 1.56. The Kier molecular flexibility index (Phi) is 3.09. The first-order valence-electron chi connectivity index (χ1n) is 5.90. The van der Waals surface area contributed by atoms with E-state index in [4.69, 9.17) is 16.0 Å². The third-order valence-electron chi connectivity index (χ3n) is 2.91. The first-order valence-corrected chi connectivity index (χ1v) is 6.44. The maximum atomic E-state index is 12.5. The van der Waals surface area contributed by atoms with Gasteiger partial charge in [-0.05, 0) is 24.3 Å². The van der Waals surface area contributed by atoms with Crippen molar-refractivity contribution in [1.29, 1.82) is 0 Å². The molecule has 0 aliphatic rings. The predicted octanol–water partition coefficient (Wildman–Crippen LogP) is 2.90. The Balaban J connectivity index is 2.36. The second kappa shape index (κ2) is 4.90. The van der Waals surface area contributed by atoms with Crippen LogP contribution in [0.1, 0.15) is 0 Å². The van der Waals surface area contributed by atoms with Crippen molar-refractivity contribution in [3.8, 4) is 11.6 Å². The van der Waals surface area contributed by atoms with Gasteiger partial charge in [-0.3, -0.25) is 9.36 Å². The maximum absolute atomic E-state index is 12.5. The molecule has 0 aliphatic carbocycles. The number of benzene rings is 1. The molecule has 0 amide bonds. The van der Waals surface area contributed by atoms with Gasteiger partial charge in [0.1, 0.15) is 0 Å². The summed E-state index contributed by atoms with van der Waals surface area (Å²) in [5.41, 5.74) is 0.558. The second-order valence-electron chi connectivity index (χ2n) is 4.08. The van der Waals surface area contributed by atoms with E-state index < -0.39 is 0 Å². The average molecular weight is 275 g/mol. The van der Waals surface area contributed by atoms with Crippen LogP contribution in [0.4, 0.5) is 0 Å². The second-order valence-corrected chi connectivity index (χ2v) is 4.45. The summed E-state index contributed by atoms with van der Waals surface area (Å²) in [7, 11) is 0. The molecule has 3 rings (SSSR count). The lowest BCUT2D eigenvalue weighted by atomic mass is 10.2. The van der Waals surface area contributed by atoms with Crippen LogP contribution in [0.15, 0.2) is 51.9 Å². The van der Waals surface area contributed by atoms with Crippen molar-refractivity contribution >= 4 is 22.5 Å². The maximum Gasteiger partial charge on any atom is 0.261 e. The third kappa shape index (κ3) is 2.04. The van der Waals surface area contributed by atoms with Crippen LogP contribution in [0.25, 0.3) is 22.5 Å². The van der Waals surface area contributed by atoms with Gasteiger partial charge in [0.15, 0.2) is 11.6 Å². The lowest BCUT2D eigenvalue weighted by Gasteiger charge is -2.10. The molecule has 0 N–H and O–H groups in total. The molecule has 0 saturated heterocycles.